The van der Waals surface area contributed by atoms with Crippen LogP contribution in [0.2, 0.25) is 0 Å². The molecule has 0 unspecified atom stereocenters. The number of amides is 1. The number of rotatable bonds is 7. The molecule has 3 rings (SSSR count). The maximum absolute atomic E-state index is 12.4. The van der Waals surface area contributed by atoms with Crippen LogP contribution in [0.3, 0.4) is 0 Å². The van der Waals surface area contributed by atoms with Gasteiger partial charge in [0.2, 0.25) is 15.9 Å². The lowest BCUT2D eigenvalue weighted by Crippen LogP contribution is -2.32. The zero-order valence-electron chi connectivity index (χ0n) is 15.3. The molecule has 1 fully saturated rings. The average molecular weight is 388 g/mol. The minimum absolute atomic E-state index is 0.101. The summed E-state index contributed by atoms with van der Waals surface area (Å²) in [5.41, 5.74) is 1.70. The van der Waals surface area contributed by atoms with Crippen LogP contribution in [0.4, 0.5) is 5.69 Å². The first kappa shape index (κ1) is 19.4. The van der Waals surface area contributed by atoms with E-state index in [4.69, 9.17) is 4.74 Å². The highest BCUT2D eigenvalue weighted by molar-refractivity contribution is 7.89. The average Bonchev–Trinajstić information content (AvgIpc) is 3.16. The van der Waals surface area contributed by atoms with Crippen LogP contribution in [0.1, 0.15) is 31.2 Å². The molecular weight excluding hydrogens is 364 g/mol. The molecule has 2 aromatic rings. The smallest absolute Gasteiger partial charge is 0.241 e. The molecule has 1 aliphatic carbocycles. The Balaban J connectivity index is 1.54. The van der Waals surface area contributed by atoms with Crippen LogP contribution in [-0.2, 0) is 14.8 Å². The van der Waals surface area contributed by atoms with Gasteiger partial charge in [0.05, 0.1) is 17.5 Å². The summed E-state index contributed by atoms with van der Waals surface area (Å²) >= 11 is 0. The third-order valence-corrected chi connectivity index (χ3v) is 5.91. The molecular formula is C20H24N2O4S. The topological polar surface area (TPSA) is 84.5 Å². The maximum Gasteiger partial charge on any atom is 0.241 e. The Hall–Kier alpha value is -2.38. The summed E-state index contributed by atoms with van der Waals surface area (Å²) in [7, 11) is -3.76. The van der Waals surface area contributed by atoms with Crippen LogP contribution in [-0.4, -0.2) is 27.0 Å². The molecule has 1 saturated carbocycles. The monoisotopic (exact) mass is 388 g/mol. The second kappa shape index (κ2) is 8.54. The van der Waals surface area contributed by atoms with E-state index in [0.717, 1.165) is 18.4 Å². The lowest BCUT2D eigenvalue weighted by Gasteiger charge is -2.13. The van der Waals surface area contributed by atoms with Gasteiger partial charge in [-0.2, -0.15) is 0 Å². The third kappa shape index (κ3) is 5.55. The van der Waals surface area contributed by atoms with Gasteiger partial charge in [-0.15, -0.1) is 0 Å². The number of hydrogen-bond acceptors (Lipinski definition) is 4. The Labute approximate surface area is 160 Å². The van der Waals surface area contributed by atoms with E-state index < -0.39 is 15.9 Å². The third-order valence-electron chi connectivity index (χ3n) is 4.50. The fraction of sp³-hybridized carbons (Fsp3) is 0.350. The number of anilines is 1. The molecule has 6 nitrogen and oxygen atoms in total. The van der Waals surface area contributed by atoms with Crippen LogP contribution in [0.25, 0.3) is 0 Å². The van der Waals surface area contributed by atoms with Crippen molar-refractivity contribution in [1.29, 1.82) is 0 Å². The molecule has 0 saturated heterocycles. The van der Waals surface area contributed by atoms with Crippen molar-refractivity contribution >= 4 is 21.6 Å². The molecule has 1 amide bonds. The highest BCUT2D eigenvalue weighted by Gasteiger charge is 2.18. The molecule has 0 aliphatic heterocycles. The first-order valence-corrected chi connectivity index (χ1v) is 10.5. The second-order valence-corrected chi connectivity index (χ2v) is 8.50. The van der Waals surface area contributed by atoms with Gasteiger partial charge in [0.1, 0.15) is 5.75 Å². The number of carbonyl (C=O) groups excluding carboxylic acids is 1. The highest BCUT2D eigenvalue weighted by atomic mass is 32.2. The molecule has 0 radical (unpaired) electrons. The standard InChI is InChI=1S/C20H24N2O4S/c1-15-6-8-16(9-7-15)22-20(23)14-21-27(24,25)19-12-10-18(11-13-19)26-17-4-2-3-5-17/h6-13,17,21H,2-5,14H2,1H3,(H,22,23). The zero-order valence-corrected chi connectivity index (χ0v) is 16.1. The lowest BCUT2D eigenvalue weighted by molar-refractivity contribution is -0.115. The fourth-order valence-corrected chi connectivity index (χ4v) is 3.96. The van der Waals surface area contributed by atoms with E-state index >= 15 is 0 Å². The van der Waals surface area contributed by atoms with Gasteiger partial charge in [0.25, 0.3) is 0 Å². The quantitative estimate of drug-likeness (QED) is 0.763. The summed E-state index contributed by atoms with van der Waals surface area (Å²) in [6, 6.07) is 13.6. The van der Waals surface area contributed by atoms with Gasteiger partial charge in [-0.1, -0.05) is 17.7 Å². The van der Waals surface area contributed by atoms with Gasteiger partial charge in [0, 0.05) is 5.69 Å². The predicted molar refractivity (Wildman–Crippen MR) is 104 cm³/mol. The Morgan fingerprint density at radius 2 is 1.67 bits per heavy atom. The summed E-state index contributed by atoms with van der Waals surface area (Å²) in [4.78, 5) is 12.1. The van der Waals surface area contributed by atoms with Crippen LogP contribution < -0.4 is 14.8 Å². The molecule has 0 heterocycles. The van der Waals surface area contributed by atoms with Gasteiger partial charge in [-0.05, 0) is 69.0 Å². The Kier molecular flexibility index (Phi) is 6.13. The van der Waals surface area contributed by atoms with Gasteiger partial charge < -0.3 is 10.1 Å². The van der Waals surface area contributed by atoms with Crippen LogP contribution in [0.5, 0.6) is 5.75 Å². The Bertz CT molecular complexity index is 871. The minimum Gasteiger partial charge on any atom is -0.490 e. The van der Waals surface area contributed by atoms with Crippen molar-refractivity contribution < 1.29 is 17.9 Å². The first-order chi connectivity index (χ1) is 12.9. The van der Waals surface area contributed by atoms with Crippen molar-refractivity contribution in [3.05, 3.63) is 54.1 Å². The van der Waals surface area contributed by atoms with E-state index in [1.165, 1.54) is 25.0 Å². The summed E-state index contributed by atoms with van der Waals surface area (Å²) < 4.78 is 32.9. The Morgan fingerprint density at radius 3 is 2.30 bits per heavy atom. The summed E-state index contributed by atoms with van der Waals surface area (Å²) in [6.45, 7) is 1.61. The van der Waals surface area contributed by atoms with Crippen molar-refractivity contribution in [1.82, 2.24) is 4.72 Å². The SMILES string of the molecule is Cc1ccc(NC(=O)CNS(=O)(=O)c2ccc(OC3CCCC3)cc2)cc1. The predicted octanol–water partition coefficient (Wildman–Crippen LogP) is 3.23. The van der Waals surface area contributed by atoms with E-state index in [0.29, 0.717) is 11.4 Å². The number of nitrogens with one attached hydrogen (secondary N) is 2. The van der Waals surface area contributed by atoms with Crippen LogP contribution in [0.15, 0.2) is 53.4 Å². The van der Waals surface area contributed by atoms with Gasteiger partial charge in [-0.25, -0.2) is 13.1 Å². The minimum atomic E-state index is -3.76. The number of carbonyl (C=O) groups is 1. The van der Waals surface area contributed by atoms with E-state index in [1.807, 2.05) is 19.1 Å². The lowest BCUT2D eigenvalue weighted by atomic mass is 10.2. The summed E-state index contributed by atoms with van der Waals surface area (Å²) in [5.74, 6) is 0.238. The number of ether oxygens (including phenoxy) is 1. The fourth-order valence-electron chi connectivity index (χ4n) is 2.98. The molecule has 2 aromatic carbocycles. The van der Waals surface area contributed by atoms with Crippen molar-refractivity contribution in [3.63, 3.8) is 0 Å². The second-order valence-electron chi connectivity index (χ2n) is 6.73. The molecule has 2 N–H and O–H groups in total. The van der Waals surface area contributed by atoms with E-state index in [9.17, 15) is 13.2 Å². The molecule has 0 aromatic heterocycles. The molecule has 144 valence electrons. The molecule has 0 atom stereocenters. The summed E-state index contributed by atoms with van der Waals surface area (Å²) in [5, 5.41) is 2.66. The molecule has 0 spiro atoms. The van der Waals surface area contributed by atoms with Crippen molar-refractivity contribution in [2.45, 2.75) is 43.6 Å². The van der Waals surface area contributed by atoms with Gasteiger partial charge in [-0.3, -0.25) is 4.79 Å². The Morgan fingerprint density at radius 1 is 1.04 bits per heavy atom. The van der Waals surface area contributed by atoms with Crippen molar-refractivity contribution in [3.8, 4) is 5.75 Å². The number of benzene rings is 2. The van der Waals surface area contributed by atoms with Gasteiger partial charge >= 0.3 is 0 Å². The molecule has 1 aliphatic rings. The largest absolute Gasteiger partial charge is 0.490 e. The molecule has 7 heteroatoms. The van der Waals surface area contributed by atoms with Crippen LogP contribution >= 0.6 is 0 Å². The van der Waals surface area contributed by atoms with Gasteiger partial charge in [0.15, 0.2) is 0 Å². The number of aryl methyl sites for hydroxylation is 1. The van der Waals surface area contributed by atoms with E-state index in [2.05, 4.69) is 10.0 Å². The van der Waals surface area contributed by atoms with Crippen LogP contribution in [0, 0.1) is 6.92 Å². The maximum atomic E-state index is 12.4. The van der Waals surface area contributed by atoms with Crippen molar-refractivity contribution in [2.24, 2.45) is 0 Å². The number of sulfonamides is 1. The number of hydrogen-bond donors (Lipinski definition) is 2. The van der Waals surface area contributed by atoms with E-state index in [1.54, 1.807) is 24.3 Å². The first-order valence-electron chi connectivity index (χ1n) is 9.05. The van der Waals surface area contributed by atoms with E-state index in [-0.39, 0.29) is 17.5 Å². The molecule has 27 heavy (non-hydrogen) atoms. The van der Waals surface area contributed by atoms with Crippen molar-refractivity contribution in [2.75, 3.05) is 11.9 Å². The normalized spacial score (nSPS) is 14.9. The zero-order chi connectivity index (χ0) is 19.3. The summed E-state index contributed by atoms with van der Waals surface area (Å²) in [6.07, 6.45) is 4.64. The molecule has 0 bridgehead atoms. The highest BCUT2D eigenvalue weighted by Crippen LogP contribution is 2.24.